The number of piperidine rings is 1. The molecule has 0 aliphatic carbocycles. The minimum atomic E-state index is -0.251. The van der Waals surface area contributed by atoms with E-state index in [9.17, 15) is 9.59 Å². The molecule has 0 aromatic carbocycles. The van der Waals surface area contributed by atoms with Crippen molar-refractivity contribution in [2.24, 2.45) is 0 Å². The summed E-state index contributed by atoms with van der Waals surface area (Å²) < 4.78 is 0. The molecule has 122 valence electrons. The molecule has 2 aromatic heterocycles. The molecule has 0 bridgehead atoms. The second-order valence-electron chi connectivity index (χ2n) is 5.63. The molecule has 0 saturated carbocycles. The highest BCUT2D eigenvalue weighted by Gasteiger charge is 2.22. The summed E-state index contributed by atoms with van der Waals surface area (Å²) in [6.07, 6.45) is 2.07. The number of thiophene rings is 1. The summed E-state index contributed by atoms with van der Waals surface area (Å²) >= 11 is 1.60. The van der Waals surface area contributed by atoms with Crippen molar-refractivity contribution in [2.75, 3.05) is 23.7 Å². The van der Waals surface area contributed by atoms with Gasteiger partial charge in [-0.3, -0.25) is 14.6 Å². The van der Waals surface area contributed by atoms with E-state index in [1.165, 1.54) is 6.07 Å². The second kappa shape index (κ2) is 6.82. The fraction of sp³-hybridized carbons (Fsp3) is 0.400. The number of rotatable bonds is 4. The summed E-state index contributed by atoms with van der Waals surface area (Å²) in [6.45, 7) is 1.47. The zero-order valence-electron chi connectivity index (χ0n) is 12.6. The molecule has 3 rings (SSSR count). The lowest BCUT2D eigenvalue weighted by atomic mass is 10.0. The van der Waals surface area contributed by atoms with Crippen LogP contribution in [-0.4, -0.2) is 35.0 Å². The van der Waals surface area contributed by atoms with E-state index in [0.717, 1.165) is 31.5 Å². The molecule has 3 heterocycles. The molecule has 7 nitrogen and oxygen atoms in total. The number of nitrogens with one attached hydrogen (secondary N) is 2. The maximum Gasteiger partial charge on any atom is 0.254 e. The zero-order chi connectivity index (χ0) is 16.2. The maximum absolute atomic E-state index is 12.0. The summed E-state index contributed by atoms with van der Waals surface area (Å²) in [6, 6.07) is 3.58. The van der Waals surface area contributed by atoms with Crippen molar-refractivity contribution in [3.05, 3.63) is 38.8 Å². The molecule has 0 radical (unpaired) electrons. The van der Waals surface area contributed by atoms with Crippen molar-refractivity contribution in [3.63, 3.8) is 0 Å². The first-order valence-electron chi connectivity index (χ1n) is 7.52. The van der Waals surface area contributed by atoms with Crippen LogP contribution in [0, 0.1) is 0 Å². The number of nitrogen functional groups attached to an aromatic ring is 1. The highest BCUT2D eigenvalue weighted by atomic mass is 32.1. The lowest BCUT2D eigenvalue weighted by Gasteiger charge is -2.33. The number of hydrogen-bond donors (Lipinski definition) is 3. The van der Waals surface area contributed by atoms with Gasteiger partial charge in [-0.25, -0.2) is 0 Å². The standard InChI is InChI=1S/C15H19N5O2S/c16-15-18-12(8-14(22)19-15)20-4-1-11(2-5-20)17-13(21)7-10-3-6-23-9-10/h3,6,8-9,11H,1-2,4-5,7H2,(H,17,21)(H3,16,18,19,22). The number of carbonyl (C=O) groups excluding carboxylic acids is 1. The zero-order valence-corrected chi connectivity index (χ0v) is 13.4. The summed E-state index contributed by atoms with van der Waals surface area (Å²) in [7, 11) is 0. The average Bonchev–Trinajstić information content (AvgIpc) is 2.99. The van der Waals surface area contributed by atoms with Crippen LogP contribution in [0.3, 0.4) is 0 Å². The molecule has 1 amide bonds. The largest absolute Gasteiger partial charge is 0.369 e. The number of nitrogens with two attached hydrogens (primary N) is 1. The van der Waals surface area contributed by atoms with Gasteiger partial charge in [0.15, 0.2) is 0 Å². The van der Waals surface area contributed by atoms with Crippen LogP contribution in [0.25, 0.3) is 0 Å². The van der Waals surface area contributed by atoms with Gasteiger partial charge in [0.2, 0.25) is 11.9 Å². The van der Waals surface area contributed by atoms with Crippen LogP contribution in [-0.2, 0) is 11.2 Å². The van der Waals surface area contributed by atoms with Gasteiger partial charge in [-0.05, 0) is 35.2 Å². The summed E-state index contributed by atoms with van der Waals surface area (Å²) in [5.41, 5.74) is 6.37. The number of anilines is 2. The van der Waals surface area contributed by atoms with Crippen LogP contribution in [0.2, 0.25) is 0 Å². The van der Waals surface area contributed by atoms with Crippen LogP contribution < -0.4 is 21.5 Å². The summed E-state index contributed by atoms with van der Waals surface area (Å²) in [4.78, 5) is 32.1. The van der Waals surface area contributed by atoms with Crippen LogP contribution in [0.5, 0.6) is 0 Å². The minimum Gasteiger partial charge on any atom is -0.369 e. The monoisotopic (exact) mass is 333 g/mol. The second-order valence-corrected chi connectivity index (χ2v) is 6.41. The highest BCUT2D eigenvalue weighted by molar-refractivity contribution is 7.07. The molecule has 0 unspecified atom stereocenters. The van der Waals surface area contributed by atoms with Gasteiger partial charge in [-0.1, -0.05) is 0 Å². The van der Waals surface area contributed by atoms with Gasteiger partial charge in [-0.2, -0.15) is 16.3 Å². The van der Waals surface area contributed by atoms with E-state index in [1.807, 2.05) is 21.7 Å². The molecule has 8 heteroatoms. The first-order chi connectivity index (χ1) is 11.1. The highest BCUT2D eigenvalue weighted by Crippen LogP contribution is 2.17. The van der Waals surface area contributed by atoms with Gasteiger partial charge < -0.3 is 16.0 Å². The van der Waals surface area contributed by atoms with Gasteiger partial charge in [0.25, 0.3) is 5.56 Å². The maximum atomic E-state index is 12.0. The van der Waals surface area contributed by atoms with Crippen molar-refractivity contribution in [1.82, 2.24) is 15.3 Å². The third kappa shape index (κ3) is 4.10. The molecule has 1 aliphatic rings. The number of carbonyl (C=O) groups is 1. The first-order valence-corrected chi connectivity index (χ1v) is 8.46. The van der Waals surface area contributed by atoms with E-state index in [1.54, 1.807) is 11.3 Å². The predicted molar refractivity (Wildman–Crippen MR) is 90.7 cm³/mol. The van der Waals surface area contributed by atoms with Crippen LogP contribution >= 0.6 is 11.3 Å². The van der Waals surface area contributed by atoms with Crippen molar-refractivity contribution >= 4 is 29.0 Å². The average molecular weight is 333 g/mol. The molecule has 0 spiro atoms. The Balaban J connectivity index is 1.52. The SMILES string of the molecule is Nc1nc(N2CCC(NC(=O)Cc3ccsc3)CC2)cc(=O)[nH]1. The number of nitrogens with zero attached hydrogens (tertiary/aromatic N) is 2. The first kappa shape index (κ1) is 15.5. The Hall–Kier alpha value is -2.35. The molecule has 2 aromatic rings. The fourth-order valence-corrected chi connectivity index (χ4v) is 3.40. The fourth-order valence-electron chi connectivity index (χ4n) is 2.74. The Morgan fingerprint density at radius 2 is 2.26 bits per heavy atom. The van der Waals surface area contributed by atoms with E-state index >= 15 is 0 Å². The number of H-pyrrole nitrogens is 1. The quantitative estimate of drug-likeness (QED) is 0.765. The summed E-state index contributed by atoms with van der Waals surface area (Å²) in [5.74, 6) is 0.772. The lowest BCUT2D eigenvalue weighted by Crippen LogP contribution is -2.45. The van der Waals surface area contributed by atoms with Crippen molar-refractivity contribution in [2.45, 2.75) is 25.3 Å². The van der Waals surface area contributed by atoms with Crippen LogP contribution in [0.15, 0.2) is 27.7 Å². The van der Waals surface area contributed by atoms with E-state index in [0.29, 0.717) is 12.2 Å². The Kier molecular flexibility index (Phi) is 4.61. The van der Waals surface area contributed by atoms with E-state index in [-0.39, 0.29) is 23.5 Å². The Morgan fingerprint density at radius 3 is 2.91 bits per heavy atom. The van der Waals surface area contributed by atoms with E-state index in [4.69, 9.17) is 5.73 Å². The molecular formula is C15H19N5O2S. The molecule has 1 fully saturated rings. The molecule has 4 N–H and O–H groups in total. The van der Waals surface area contributed by atoms with Crippen molar-refractivity contribution in [1.29, 1.82) is 0 Å². The Labute approximate surface area is 137 Å². The predicted octanol–water partition coefficient (Wildman–Crippen LogP) is 0.741. The van der Waals surface area contributed by atoms with Crippen molar-refractivity contribution in [3.8, 4) is 0 Å². The van der Waals surface area contributed by atoms with Crippen molar-refractivity contribution < 1.29 is 4.79 Å². The Bertz CT molecular complexity index is 720. The lowest BCUT2D eigenvalue weighted by molar-refractivity contribution is -0.121. The number of aromatic nitrogens is 2. The molecular weight excluding hydrogens is 314 g/mol. The minimum absolute atomic E-state index is 0.0559. The molecule has 1 aliphatic heterocycles. The topological polar surface area (TPSA) is 104 Å². The molecule has 23 heavy (non-hydrogen) atoms. The van der Waals surface area contributed by atoms with Gasteiger partial charge >= 0.3 is 0 Å². The van der Waals surface area contributed by atoms with Crippen LogP contribution in [0.4, 0.5) is 11.8 Å². The third-order valence-electron chi connectivity index (χ3n) is 3.88. The molecule has 1 saturated heterocycles. The van der Waals surface area contributed by atoms with Gasteiger partial charge in [-0.15, -0.1) is 0 Å². The number of aromatic amines is 1. The van der Waals surface area contributed by atoms with Gasteiger partial charge in [0.05, 0.1) is 6.42 Å². The molecule has 0 atom stereocenters. The van der Waals surface area contributed by atoms with Crippen LogP contribution in [0.1, 0.15) is 18.4 Å². The van der Waals surface area contributed by atoms with Gasteiger partial charge in [0, 0.05) is 25.2 Å². The van der Waals surface area contributed by atoms with E-state index < -0.39 is 0 Å². The summed E-state index contributed by atoms with van der Waals surface area (Å²) in [5, 5.41) is 7.04. The third-order valence-corrected chi connectivity index (χ3v) is 4.61. The smallest absolute Gasteiger partial charge is 0.254 e. The van der Waals surface area contributed by atoms with Gasteiger partial charge in [0.1, 0.15) is 5.82 Å². The number of hydrogen-bond acceptors (Lipinski definition) is 6. The normalized spacial score (nSPS) is 15.6. The van der Waals surface area contributed by atoms with E-state index in [2.05, 4.69) is 15.3 Å². The number of amides is 1. The Morgan fingerprint density at radius 1 is 1.48 bits per heavy atom.